The summed E-state index contributed by atoms with van der Waals surface area (Å²) in [6, 6.07) is 3.09. The van der Waals surface area contributed by atoms with E-state index < -0.39 is 5.92 Å². The first kappa shape index (κ1) is 21.9. The van der Waals surface area contributed by atoms with E-state index in [1.54, 1.807) is 11.5 Å². The van der Waals surface area contributed by atoms with Crippen LogP contribution in [0.4, 0.5) is 4.39 Å². The van der Waals surface area contributed by atoms with Crippen LogP contribution in [-0.4, -0.2) is 21.4 Å². The Hall–Kier alpha value is -3.55. The molecule has 3 aromatic rings. The molecular formula is C27H26FN3O4. The van der Waals surface area contributed by atoms with Crippen molar-refractivity contribution in [3.05, 3.63) is 61.7 Å². The third-order valence-corrected chi connectivity index (χ3v) is 7.85. The number of carbonyl (C=O) groups is 2. The molecule has 0 fully saturated rings. The molecule has 1 amide bonds. The van der Waals surface area contributed by atoms with E-state index in [1.165, 1.54) is 6.07 Å². The minimum absolute atomic E-state index is 0.0356. The monoisotopic (exact) mass is 475 g/mol. The molecule has 35 heavy (non-hydrogen) atoms. The third-order valence-electron chi connectivity index (χ3n) is 7.85. The molecule has 8 heteroatoms. The van der Waals surface area contributed by atoms with Gasteiger partial charge in [0.05, 0.1) is 41.0 Å². The highest BCUT2D eigenvalue weighted by atomic mass is 19.1. The van der Waals surface area contributed by atoms with Crippen LogP contribution >= 0.6 is 0 Å². The van der Waals surface area contributed by atoms with E-state index in [9.17, 15) is 18.8 Å². The first-order valence-electron chi connectivity index (χ1n) is 12.2. The fourth-order valence-electron chi connectivity index (χ4n) is 6.02. The van der Waals surface area contributed by atoms with Gasteiger partial charge < -0.3 is 14.6 Å². The molecule has 0 saturated carbocycles. The summed E-state index contributed by atoms with van der Waals surface area (Å²) in [6.45, 7) is 5.76. The van der Waals surface area contributed by atoms with E-state index in [0.29, 0.717) is 65.8 Å². The van der Waals surface area contributed by atoms with Gasteiger partial charge in [-0.25, -0.2) is 9.37 Å². The van der Waals surface area contributed by atoms with Gasteiger partial charge in [0.2, 0.25) is 5.91 Å². The summed E-state index contributed by atoms with van der Waals surface area (Å²) in [4.78, 5) is 43.2. The maximum Gasteiger partial charge on any atom is 0.313 e. The van der Waals surface area contributed by atoms with E-state index >= 15 is 0 Å². The predicted octanol–water partition coefficient (Wildman–Crippen LogP) is 3.94. The predicted molar refractivity (Wildman–Crippen MR) is 128 cm³/mol. The molecule has 1 aromatic carbocycles. The summed E-state index contributed by atoms with van der Waals surface area (Å²) in [5, 5.41) is 4.02. The number of hydrogen-bond acceptors (Lipinski definition) is 5. The SMILES string of the molecule is CCC(=O)NC1CCc2c(C)c(F)cc3nc4c(c1c23)Cn1c-4cc2c(c1=O)COC(=O)C2CC. The standard InChI is InChI=1S/C27H26FN3O4/c1-4-13-15-8-21-25-16(10-31(21)26(33)17(15)11-35-27(13)34)24-19(29-22(32)5-2)7-6-14-12(3)18(28)9-20(30-25)23(14)24/h8-9,13,19H,4-7,10-11H2,1-3H3,(H,29,32). The van der Waals surface area contributed by atoms with E-state index in [2.05, 4.69) is 5.32 Å². The lowest BCUT2D eigenvalue weighted by Gasteiger charge is -2.29. The Kier molecular flexibility index (Phi) is 4.85. The maximum absolute atomic E-state index is 14.9. The van der Waals surface area contributed by atoms with Crippen LogP contribution < -0.4 is 10.9 Å². The molecule has 0 bridgehead atoms. The second kappa shape index (κ2) is 7.73. The zero-order valence-corrected chi connectivity index (χ0v) is 20.0. The van der Waals surface area contributed by atoms with Gasteiger partial charge in [-0.3, -0.25) is 14.4 Å². The highest BCUT2D eigenvalue weighted by Crippen LogP contribution is 2.45. The van der Waals surface area contributed by atoms with Crippen molar-refractivity contribution >= 4 is 22.8 Å². The molecule has 1 N–H and O–H groups in total. The number of ether oxygens (including phenoxy) is 1. The molecule has 2 atom stereocenters. The average Bonchev–Trinajstić information content (AvgIpc) is 3.21. The lowest BCUT2D eigenvalue weighted by Crippen LogP contribution is -2.33. The van der Waals surface area contributed by atoms with E-state index in [1.807, 2.05) is 19.9 Å². The number of halogens is 1. The summed E-state index contributed by atoms with van der Waals surface area (Å²) < 4.78 is 21.8. The Morgan fingerprint density at radius 1 is 1.23 bits per heavy atom. The van der Waals surface area contributed by atoms with Crippen LogP contribution in [0, 0.1) is 12.7 Å². The summed E-state index contributed by atoms with van der Waals surface area (Å²) >= 11 is 0. The normalized spacial score (nSPS) is 19.7. The molecule has 0 spiro atoms. The molecule has 0 saturated heterocycles. The molecule has 1 aliphatic carbocycles. The van der Waals surface area contributed by atoms with Crippen molar-refractivity contribution in [3.8, 4) is 11.4 Å². The van der Waals surface area contributed by atoms with E-state index in [0.717, 1.165) is 22.1 Å². The van der Waals surface area contributed by atoms with E-state index in [-0.39, 0.29) is 35.9 Å². The van der Waals surface area contributed by atoms with Crippen LogP contribution in [0.2, 0.25) is 0 Å². The summed E-state index contributed by atoms with van der Waals surface area (Å²) in [5.41, 5.74) is 6.10. The van der Waals surface area contributed by atoms with E-state index in [4.69, 9.17) is 9.72 Å². The highest BCUT2D eigenvalue weighted by Gasteiger charge is 2.37. The minimum Gasteiger partial charge on any atom is -0.460 e. The number of nitrogens with zero attached hydrogens (tertiary/aromatic N) is 2. The van der Waals surface area contributed by atoms with Crippen LogP contribution in [0.25, 0.3) is 22.3 Å². The number of esters is 1. The van der Waals surface area contributed by atoms with Crippen molar-refractivity contribution < 1.29 is 18.7 Å². The number of nitrogens with one attached hydrogen (secondary N) is 1. The Morgan fingerprint density at radius 3 is 2.77 bits per heavy atom. The lowest BCUT2D eigenvalue weighted by atomic mass is 9.81. The number of pyridine rings is 2. The number of amides is 1. The molecule has 3 aliphatic rings. The van der Waals surface area contributed by atoms with Crippen molar-refractivity contribution in [3.63, 3.8) is 0 Å². The first-order chi connectivity index (χ1) is 16.8. The fourth-order valence-corrected chi connectivity index (χ4v) is 6.02. The Bertz CT molecular complexity index is 1520. The number of aromatic nitrogens is 2. The second-order valence-electron chi connectivity index (χ2n) is 9.64. The van der Waals surface area contributed by atoms with Gasteiger partial charge in [0.1, 0.15) is 12.4 Å². The van der Waals surface area contributed by atoms with Gasteiger partial charge in [0, 0.05) is 23.4 Å². The van der Waals surface area contributed by atoms with Gasteiger partial charge in [-0.1, -0.05) is 13.8 Å². The first-order valence-corrected chi connectivity index (χ1v) is 12.2. The van der Waals surface area contributed by atoms with Crippen molar-refractivity contribution in [2.45, 2.75) is 71.6 Å². The largest absolute Gasteiger partial charge is 0.460 e. The minimum atomic E-state index is -0.497. The number of hydrogen-bond donors (Lipinski definition) is 1. The van der Waals surface area contributed by atoms with Gasteiger partial charge in [0.15, 0.2) is 0 Å². The second-order valence-corrected chi connectivity index (χ2v) is 9.64. The number of cyclic esters (lactones) is 1. The van der Waals surface area contributed by atoms with Gasteiger partial charge in [-0.05, 0) is 54.5 Å². The van der Waals surface area contributed by atoms with Crippen molar-refractivity contribution in [1.82, 2.24) is 14.9 Å². The topological polar surface area (TPSA) is 90.3 Å². The van der Waals surface area contributed by atoms with Gasteiger partial charge in [0.25, 0.3) is 5.56 Å². The third kappa shape index (κ3) is 3.01. The molecule has 6 rings (SSSR count). The van der Waals surface area contributed by atoms with Crippen LogP contribution in [0.15, 0.2) is 16.9 Å². The number of benzene rings is 1. The Morgan fingerprint density at radius 2 is 2.03 bits per heavy atom. The lowest BCUT2D eigenvalue weighted by molar-refractivity contribution is -0.148. The number of fused-ring (bicyclic) bond motifs is 5. The van der Waals surface area contributed by atoms with Crippen LogP contribution in [0.3, 0.4) is 0 Å². The quantitative estimate of drug-likeness (QED) is 0.454. The van der Waals surface area contributed by atoms with Gasteiger partial charge in [-0.2, -0.15) is 0 Å². The molecule has 4 heterocycles. The molecule has 7 nitrogen and oxygen atoms in total. The fraction of sp³-hybridized carbons (Fsp3) is 0.407. The smallest absolute Gasteiger partial charge is 0.313 e. The van der Waals surface area contributed by atoms with Crippen molar-refractivity contribution in [1.29, 1.82) is 0 Å². The zero-order valence-electron chi connectivity index (χ0n) is 20.0. The Labute approximate surface area is 201 Å². The Balaban J connectivity index is 1.65. The van der Waals surface area contributed by atoms with Crippen LogP contribution in [0.5, 0.6) is 0 Å². The maximum atomic E-state index is 14.9. The number of rotatable bonds is 3. The molecular weight excluding hydrogens is 449 g/mol. The summed E-state index contributed by atoms with van der Waals surface area (Å²) in [6.07, 6.45) is 2.18. The molecule has 2 aromatic heterocycles. The van der Waals surface area contributed by atoms with Crippen LogP contribution in [-0.2, 0) is 33.9 Å². The molecule has 2 unspecified atom stereocenters. The van der Waals surface area contributed by atoms with Crippen LogP contribution in [0.1, 0.15) is 78.5 Å². The highest BCUT2D eigenvalue weighted by molar-refractivity contribution is 5.93. The van der Waals surface area contributed by atoms with Gasteiger partial charge >= 0.3 is 5.97 Å². The summed E-state index contributed by atoms with van der Waals surface area (Å²) in [5.74, 6) is -1.19. The number of carbonyl (C=O) groups excluding carboxylic acids is 2. The van der Waals surface area contributed by atoms with Gasteiger partial charge in [-0.15, -0.1) is 0 Å². The molecule has 180 valence electrons. The van der Waals surface area contributed by atoms with Crippen molar-refractivity contribution in [2.24, 2.45) is 0 Å². The zero-order chi connectivity index (χ0) is 24.6. The molecule has 2 aliphatic heterocycles. The van der Waals surface area contributed by atoms with Crippen molar-refractivity contribution in [2.75, 3.05) is 0 Å². The number of aryl methyl sites for hydroxylation is 1. The average molecular weight is 476 g/mol. The molecule has 0 radical (unpaired) electrons. The summed E-state index contributed by atoms with van der Waals surface area (Å²) in [7, 11) is 0.